The minimum absolute atomic E-state index is 0.0966. The van der Waals surface area contributed by atoms with Crippen molar-refractivity contribution in [1.82, 2.24) is 14.9 Å². The summed E-state index contributed by atoms with van der Waals surface area (Å²) < 4.78 is 28.7. The molecular formula is C18H22BrN3O3S2. The minimum Gasteiger partial charge on any atom is -0.331 e. The molecule has 1 unspecified atom stereocenters. The Hall–Kier alpha value is -1.42. The number of benzene rings is 1. The number of hydrogen-bond donors (Lipinski definition) is 2. The van der Waals surface area contributed by atoms with Crippen LogP contribution in [0.1, 0.15) is 31.4 Å². The average molecular weight is 472 g/mol. The van der Waals surface area contributed by atoms with Gasteiger partial charge in [-0.05, 0) is 48.9 Å². The lowest BCUT2D eigenvalue weighted by atomic mass is 10.1. The first kappa shape index (κ1) is 20.3. The summed E-state index contributed by atoms with van der Waals surface area (Å²) in [6, 6.07) is 10.8. The normalized spacial score (nSPS) is 16.9. The predicted octanol–water partition coefficient (Wildman–Crippen LogP) is 3.72. The Bertz CT molecular complexity index is 862. The smallest absolute Gasteiger partial charge is 0.317 e. The van der Waals surface area contributed by atoms with E-state index in [4.69, 9.17) is 0 Å². The number of hydrogen-bond acceptors (Lipinski definition) is 4. The van der Waals surface area contributed by atoms with Crippen LogP contribution in [0.25, 0.3) is 0 Å². The van der Waals surface area contributed by atoms with Crippen LogP contribution in [0.15, 0.2) is 50.5 Å². The van der Waals surface area contributed by atoms with Gasteiger partial charge in [-0.25, -0.2) is 17.9 Å². The van der Waals surface area contributed by atoms with E-state index in [-0.39, 0.29) is 18.1 Å². The number of halogens is 1. The van der Waals surface area contributed by atoms with Gasteiger partial charge in [0.25, 0.3) is 0 Å². The van der Waals surface area contributed by atoms with Crippen LogP contribution in [0.2, 0.25) is 0 Å². The van der Waals surface area contributed by atoms with Crippen molar-refractivity contribution in [2.45, 2.75) is 36.1 Å². The number of carbonyl (C=O) groups excluding carboxylic acids is 1. The third kappa shape index (κ3) is 5.31. The van der Waals surface area contributed by atoms with Gasteiger partial charge in [0.2, 0.25) is 10.0 Å². The van der Waals surface area contributed by atoms with Crippen molar-refractivity contribution in [3.63, 3.8) is 0 Å². The largest absolute Gasteiger partial charge is 0.331 e. The maximum atomic E-state index is 12.5. The van der Waals surface area contributed by atoms with E-state index in [1.54, 1.807) is 22.4 Å². The van der Waals surface area contributed by atoms with E-state index < -0.39 is 10.0 Å². The average Bonchev–Trinajstić information content (AvgIpc) is 3.18. The SMILES string of the molecule is CC(NC(=O)N1CCC(NS(=O)(=O)c2cccs2)CC1)c1ccc(Br)cc1. The molecule has 1 aliphatic rings. The van der Waals surface area contributed by atoms with E-state index in [0.717, 1.165) is 10.0 Å². The number of sulfonamides is 1. The van der Waals surface area contributed by atoms with Crippen molar-refractivity contribution in [1.29, 1.82) is 0 Å². The number of nitrogens with zero attached hydrogens (tertiary/aromatic N) is 1. The minimum atomic E-state index is -3.47. The van der Waals surface area contributed by atoms with Gasteiger partial charge in [-0.15, -0.1) is 11.3 Å². The van der Waals surface area contributed by atoms with Crippen molar-refractivity contribution in [2.75, 3.05) is 13.1 Å². The van der Waals surface area contributed by atoms with Gasteiger partial charge in [-0.1, -0.05) is 34.1 Å². The van der Waals surface area contributed by atoms with Gasteiger partial charge in [-0.2, -0.15) is 0 Å². The quantitative estimate of drug-likeness (QED) is 0.696. The predicted molar refractivity (Wildman–Crippen MR) is 110 cm³/mol. The number of urea groups is 1. The molecule has 27 heavy (non-hydrogen) atoms. The second-order valence-corrected chi connectivity index (χ2v) is 10.3. The second-order valence-electron chi connectivity index (χ2n) is 6.54. The fraction of sp³-hybridized carbons (Fsp3) is 0.389. The molecule has 1 saturated heterocycles. The van der Waals surface area contributed by atoms with Crippen LogP contribution in [0, 0.1) is 0 Å². The van der Waals surface area contributed by atoms with Gasteiger partial charge in [0.15, 0.2) is 0 Å². The van der Waals surface area contributed by atoms with Crippen molar-refractivity contribution >= 4 is 43.3 Å². The van der Waals surface area contributed by atoms with Gasteiger partial charge in [-0.3, -0.25) is 0 Å². The summed E-state index contributed by atoms with van der Waals surface area (Å²) >= 11 is 4.60. The molecule has 1 aliphatic heterocycles. The zero-order valence-electron chi connectivity index (χ0n) is 14.9. The van der Waals surface area contributed by atoms with Gasteiger partial charge < -0.3 is 10.2 Å². The molecule has 2 N–H and O–H groups in total. The van der Waals surface area contributed by atoms with Crippen LogP contribution in [0.5, 0.6) is 0 Å². The second kappa shape index (κ2) is 8.72. The number of likely N-dealkylation sites (tertiary alicyclic amines) is 1. The molecule has 0 radical (unpaired) electrons. The number of carbonyl (C=O) groups is 1. The number of nitrogens with one attached hydrogen (secondary N) is 2. The molecule has 1 fully saturated rings. The maximum Gasteiger partial charge on any atom is 0.317 e. The molecule has 6 nitrogen and oxygen atoms in total. The van der Waals surface area contributed by atoms with Crippen LogP contribution < -0.4 is 10.0 Å². The first-order chi connectivity index (χ1) is 12.8. The van der Waals surface area contributed by atoms with Crippen molar-refractivity contribution < 1.29 is 13.2 Å². The molecule has 2 heterocycles. The molecular weight excluding hydrogens is 450 g/mol. The van der Waals surface area contributed by atoms with Crippen molar-refractivity contribution in [2.24, 2.45) is 0 Å². The lowest BCUT2D eigenvalue weighted by molar-refractivity contribution is 0.177. The Labute approximate surface area is 172 Å². The zero-order valence-corrected chi connectivity index (χ0v) is 18.1. The van der Waals surface area contributed by atoms with Gasteiger partial charge in [0, 0.05) is 23.6 Å². The molecule has 0 saturated carbocycles. The monoisotopic (exact) mass is 471 g/mol. The number of thiophene rings is 1. The summed E-state index contributed by atoms with van der Waals surface area (Å²) in [5, 5.41) is 4.75. The standard InChI is InChI=1S/C18H22BrN3O3S2/c1-13(14-4-6-15(19)7-5-14)20-18(23)22-10-8-16(9-11-22)21-27(24,25)17-3-2-12-26-17/h2-7,12-13,16,21H,8-11H2,1H3,(H,20,23). The Morgan fingerprint density at radius 3 is 2.48 bits per heavy atom. The van der Waals surface area contributed by atoms with Crippen LogP contribution in [0.4, 0.5) is 4.79 Å². The topological polar surface area (TPSA) is 78.5 Å². The molecule has 9 heteroatoms. The summed E-state index contributed by atoms with van der Waals surface area (Å²) in [5.41, 5.74) is 1.03. The molecule has 1 atom stereocenters. The fourth-order valence-electron chi connectivity index (χ4n) is 3.01. The molecule has 0 spiro atoms. The molecule has 1 aromatic carbocycles. The zero-order chi connectivity index (χ0) is 19.4. The number of amides is 2. The summed E-state index contributed by atoms with van der Waals surface area (Å²) in [6.07, 6.45) is 1.20. The van der Waals surface area contributed by atoms with E-state index in [1.807, 2.05) is 31.2 Å². The lowest BCUT2D eigenvalue weighted by Crippen LogP contribution is -2.49. The van der Waals surface area contributed by atoms with E-state index in [0.29, 0.717) is 30.1 Å². The van der Waals surface area contributed by atoms with Gasteiger partial charge in [0.05, 0.1) is 6.04 Å². The molecule has 1 aromatic heterocycles. The first-order valence-electron chi connectivity index (χ1n) is 8.72. The molecule has 0 aliphatic carbocycles. The van der Waals surface area contributed by atoms with Crippen LogP contribution in [-0.4, -0.2) is 38.5 Å². The van der Waals surface area contributed by atoms with Gasteiger partial charge >= 0.3 is 6.03 Å². The van der Waals surface area contributed by atoms with Gasteiger partial charge in [0.1, 0.15) is 4.21 Å². The Balaban J connectivity index is 1.50. The fourth-order valence-corrected chi connectivity index (χ4v) is 5.58. The Morgan fingerprint density at radius 2 is 1.89 bits per heavy atom. The summed E-state index contributed by atoms with van der Waals surface area (Å²) in [5.74, 6) is 0. The highest BCUT2D eigenvalue weighted by Gasteiger charge is 2.27. The highest BCUT2D eigenvalue weighted by atomic mass is 79.9. The molecule has 146 valence electrons. The van der Waals surface area contributed by atoms with Crippen LogP contribution in [-0.2, 0) is 10.0 Å². The van der Waals surface area contributed by atoms with E-state index >= 15 is 0 Å². The molecule has 2 amide bonds. The summed E-state index contributed by atoms with van der Waals surface area (Å²) in [6.45, 7) is 3.00. The van der Waals surface area contributed by atoms with Crippen LogP contribution in [0.3, 0.4) is 0 Å². The molecule has 3 rings (SSSR count). The summed E-state index contributed by atoms with van der Waals surface area (Å²) in [4.78, 5) is 14.2. The molecule has 2 aromatic rings. The number of rotatable bonds is 5. The Morgan fingerprint density at radius 1 is 1.22 bits per heavy atom. The van der Waals surface area contributed by atoms with Crippen molar-refractivity contribution in [3.05, 3.63) is 51.8 Å². The third-order valence-corrected chi connectivity index (χ3v) is 8.02. The van der Waals surface area contributed by atoms with Crippen LogP contribution >= 0.6 is 27.3 Å². The maximum absolute atomic E-state index is 12.5. The summed E-state index contributed by atoms with van der Waals surface area (Å²) in [7, 11) is -3.47. The lowest BCUT2D eigenvalue weighted by Gasteiger charge is -2.33. The highest BCUT2D eigenvalue weighted by Crippen LogP contribution is 2.20. The number of piperidine rings is 1. The van der Waals surface area contributed by atoms with E-state index in [1.165, 1.54) is 11.3 Å². The van der Waals surface area contributed by atoms with E-state index in [2.05, 4.69) is 26.0 Å². The highest BCUT2D eigenvalue weighted by molar-refractivity contribution is 9.10. The van der Waals surface area contributed by atoms with Crippen molar-refractivity contribution in [3.8, 4) is 0 Å². The first-order valence-corrected chi connectivity index (χ1v) is 11.9. The molecule has 0 bridgehead atoms. The third-order valence-electron chi connectivity index (χ3n) is 4.57. The van der Waals surface area contributed by atoms with E-state index in [9.17, 15) is 13.2 Å². The Kier molecular flexibility index (Phi) is 6.56.